The van der Waals surface area contributed by atoms with Crippen LogP contribution in [0.25, 0.3) is 0 Å². The molecule has 0 radical (unpaired) electrons. The van der Waals surface area contributed by atoms with Crippen molar-refractivity contribution in [3.8, 4) is 0 Å². The van der Waals surface area contributed by atoms with E-state index >= 15 is 0 Å². The first-order chi connectivity index (χ1) is 15.7. The fraction of sp³-hybridized carbons (Fsp3) is 0.200. The lowest BCUT2D eigenvalue weighted by Gasteiger charge is -2.11. The van der Waals surface area contributed by atoms with Crippen LogP contribution in [0.5, 0.6) is 0 Å². The molecule has 2 aliphatic heterocycles. The number of rotatable bonds is 8. The van der Waals surface area contributed by atoms with E-state index in [1.807, 2.05) is 0 Å². The minimum atomic E-state index is -3.69. The van der Waals surface area contributed by atoms with E-state index in [1.54, 1.807) is 24.3 Å². The molecule has 2 aliphatic rings. The fourth-order valence-corrected chi connectivity index (χ4v) is 6.78. The summed E-state index contributed by atoms with van der Waals surface area (Å²) in [6.45, 7) is 0.758. The molecule has 0 bridgehead atoms. The molecule has 0 aliphatic carbocycles. The average molecular weight is 539 g/mol. The van der Waals surface area contributed by atoms with E-state index in [0.717, 1.165) is 0 Å². The van der Waals surface area contributed by atoms with Crippen molar-refractivity contribution in [2.75, 3.05) is 23.7 Å². The summed E-state index contributed by atoms with van der Waals surface area (Å²) in [5.41, 5.74) is 1.40. The van der Waals surface area contributed by atoms with Gasteiger partial charge in [0, 0.05) is 24.5 Å². The van der Waals surface area contributed by atoms with E-state index in [1.165, 1.54) is 47.8 Å². The Balaban J connectivity index is 1.36. The number of amides is 2. The molecule has 2 aromatic rings. The highest BCUT2D eigenvalue weighted by Crippen LogP contribution is 2.25. The quantitative estimate of drug-likeness (QED) is 0.373. The van der Waals surface area contributed by atoms with E-state index in [-0.39, 0.29) is 32.1 Å². The lowest BCUT2D eigenvalue weighted by molar-refractivity contribution is -0.119. The summed E-state index contributed by atoms with van der Waals surface area (Å²) in [5, 5.41) is 10.8. The van der Waals surface area contributed by atoms with Gasteiger partial charge in [-0.3, -0.25) is 9.59 Å². The third-order valence-electron chi connectivity index (χ3n) is 4.85. The number of sulfone groups is 1. The Kier molecular flexibility index (Phi) is 7.24. The second kappa shape index (κ2) is 9.97. The number of carbonyl (C=O) groups is 2. The molecule has 4 N–H and O–H groups in total. The SMILES string of the molecule is O=C1NC(=S)SC1CNc1ccc(S(=O)(=O)c2ccc(NCC3SC(=S)NC3=O)cc2)cc1. The zero-order valence-electron chi connectivity index (χ0n) is 16.9. The van der Waals surface area contributed by atoms with Crippen LogP contribution in [0.1, 0.15) is 0 Å². The summed E-state index contributed by atoms with van der Waals surface area (Å²) in [4.78, 5) is 23.8. The number of nitrogens with one attached hydrogen (secondary N) is 4. The molecule has 2 aromatic carbocycles. The molecule has 33 heavy (non-hydrogen) atoms. The first-order valence-electron chi connectivity index (χ1n) is 9.68. The first-order valence-corrected chi connectivity index (χ1v) is 13.7. The number of thioether (sulfide) groups is 2. The molecule has 2 fully saturated rings. The van der Waals surface area contributed by atoms with Gasteiger partial charge in [0.2, 0.25) is 21.7 Å². The molecule has 0 spiro atoms. The highest BCUT2D eigenvalue weighted by atomic mass is 32.2. The maximum absolute atomic E-state index is 13.0. The minimum Gasteiger partial charge on any atom is -0.383 e. The number of hydrogen-bond acceptors (Lipinski definition) is 10. The van der Waals surface area contributed by atoms with Crippen LogP contribution in [0.4, 0.5) is 11.4 Å². The second-order valence-corrected chi connectivity index (χ2v) is 12.8. The fourth-order valence-electron chi connectivity index (χ4n) is 3.12. The van der Waals surface area contributed by atoms with Crippen LogP contribution < -0.4 is 21.3 Å². The van der Waals surface area contributed by atoms with Gasteiger partial charge in [0.15, 0.2) is 0 Å². The summed E-state index contributed by atoms with van der Waals surface area (Å²) >= 11 is 12.5. The number of anilines is 2. The van der Waals surface area contributed by atoms with Gasteiger partial charge >= 0.3 is 0 Å². The Bertz CT molecular complexity index is 1130. The van der Waals surface area contributed by atoms with Crippen LogP contribution in [0.15, 0.2) is 58.3 Å². The van der Waals surface area contributed by atoms with Crippen molar-refractivity contribution in [2.45, 2.75) is 20.3 Å². The maximum Gasteiger partial charge on any atom is 0.240 e. The normalized spacial score (nSPS) is 20.5. The third kappa shape index (κ3) is 5.66. The van der Waals surface area contributed by atoms with E-state index in [0.29, 0.717) is 33.1 Å². The largest absolute Gasteiger partial charge is 0.383 e. The standard InChI is InChI=1S/C20H18N4O4S5/c25-17-15(31-19(29)23-17)9-21-11-1-5-13(6-2-11)33(27,28)14-7-3-12(4-8-14)22-10-16-18(26)24-20(30)32-16/h1-8,15-16,21-22H,9-10H2,(H,23,25,29)(H,24,26,30). The average Bonchev–Trinajstić information content (AvgIpc) is 3.29. The van der Waals surface area contributed by atoms with Gasteiger partial charge in [0.1, 0.15) is 19.1 Å². The van der Waals surface area contributed by atoms with E-state index in [2.05, 4.69) is 21.3 Å². The highest BCUT2D eigenvalue weighted by Gasteiger charge is 2.29. The van der Waals surface area contributed by atoms with Crippen molar-refractivity contribution in [2.24, 2.45) is 0 Å². The molecule has 4 rings (SSSR count). The van der Waals surface area contributed by atoms with Crippen molar-refractivity contribution < 1.29 is 18.0 Å². The molecule has 13 heteroatoms. The van der Waals surface area contributed by atoms with Crippen LogP contribution in [-0.4, -0.2) is 52.5 Å². The van der Waals surface area contributed by atoms with Crippen molar-refractivity contribution in [3.63, 3.8) is 0 Å². The molecule has 2 amide bonds. The monoisotopic (exact) mass is 538 g/mol. The topological polar surface area (TPSA) is 116 Å². The minimum absolute atomic E-state index is 0.136. The number of hydrogen-bond donors (Lipinski definition) is 4. The summed E-state index contributed by atoms with van der Waals surface area (Å²) < 4.78 is 26.9. The molecular formula is C20H18N4O4S5. The Hall–Kier alpha value is -2.19. The summed E-state index contributed by atoms with van der Waals surface area (Å²) in [7, 11) is -3.69. The van der Waals surface area contributed by atoms with Gasteiger partial charge < -0.3 is 21.3 Å². The molecule has 2 atom stereocenters. The first kappa shape index (κ1) is 24.0. The molecule has 0 aromatic heterocycles. The second-order valence-electron chi connectivity index (χ2n) is 7.08. The van der Waals surface area contributed by atoms with Crippen molar-refractivity contribution in [1.29, 1.82) is 0 Å². The Morgan fingerprint density at radius 2 is 1.09 bits per heavy atom. The Labute approximate surface area is 210 Å². The zero-order valence-corrected chi connectivity index (χ0v) is 20.9. The summed E-state index contributed by atoms with van der Waals surface area (Å²) in [5.74, 6) is -0.272. The van der Waals surface area contributed by atoms with E-state index in [4.69, 9.17) is 24.4 Å². The summed E-state index contributed by atoms with van der Waals surface area (Å²) in [6, 6.07) is 12.7. The van der Waals surface area contributed by atoms with E-state index in [9.17, 15) is 18.0 Å². The zero-order chi connectivity index (χ0) is 23.6. The number of benzene rings is 2. The predicted molar refractivity (Wildman–Crippen MR) is 140 cm³/mol. The van der Waals surface area contributed by atoms with Gasteiger partial charge in [0.25, 0.3) is 0 Å². The number of carbonyl (C=O) groups excluding carboxylic acids is 2. The van der Waals surface area contributed by atoms with Crippen LogP contribution in [0.3, 0.4) is 0 Å². The van der Waals surface area contributed by atoms with Crippen molar-refractivity contribution in [1.82, 2.24) is 10.6 Å². The molecule has 2 unspecified atom stereocenters. The molecule has 0 saturated carbocycles. The smallest absolute Gasteiger partial charge is 0.240 e. The van der Waals surface area contributed by atoms with Crippen LogP contribution in [0, 0.1) is 0 Å². The van der Waals surface area contributed by atoms with Gasteiger partial charge in [-0.2, -0.15) is 0 Å². The maximum atomic E-state index is 13.0. The van der Waals surface area contributed by atoms with Crippen LogP contribution in [-0.2, 0) is 19.4 Å². The van der Waals surface area contributed by atoms with E-state index < -0.39 is 9.84 Å². The predicted octanol–water partition coefficient (Wildman–Crippen LogP) is 2.38. The Morgan fingerprint density at radius 3 is 1.39 bits per heavy atom. The molecule has 8 nitrogen and oxygen atoms in total. The van der Waals surface area contributed by atoms with Gasteiger partial charge in [-0.1, -0.05) is 48.0 Å². The highest BCUT2D eigenvalue weighted by molar-refractivity contribution is 8.24. The molecule has 2 saturated heterocycles. The van der Waals surface area contributed by atoms with Gasteiger partial charge in [0.05, 0.1) is 9.79 Å². The summed E-state index contributed by atoms with van der Waals surface area (Å²) in [6.07, 6.45) is 0. The molecule has 2 heterocycles. The van der Waals surface area contributed by atoms with Gasteiger partial charge in [-0.15, -0.1) is 0 Å². The third-order valence-corrected chi connectivity index (χ3v) is 9.38. The van der Waals surface area contributed by atoms with Crippen LogP contribution >= 0.6 is 48.0 Å². The van der Waals surface area contributed by atoms with Crippen molar-refractivity contribution >= 4 is 89.6 Å². The Morgan fingerprint density at radius 1 is 0.727 bits per heavy atom. The van der Waals surface area contributed by atoms with Gasteiger partial charge in [-0.25, -0.2) is 8.42 Å². The molecular weight excluding hydrogens is 521 g/mol. The molecule has 172 valence electrons. The van der Waals surface area contributed by atoms with Crippen LogP contribution in [0.2, 0.25) is 0 Å². The van der Waals surface area contributed by atoms with Gasteiger partial charge in [-0.05, 0) is 48.5 Å². The lowest BCUT2D eigenvalue weighted by atomic mass is 10.3. The number of thiocarbonyl (C=S) groups is 2. The lowest BCUT2D eigenvalue weighted by Crippen LogP contribution is -2.28. The van der Waals surface area contributed by atoms with Crippen molar-refractivity contribution in [3.05, 3.63) is 48.5 Å².